The summed E-state index contributed by atoms with van der Waals surface area (Å²) < 4.78 is 0. The molecule has 2 aromatic carbocycles. The van der Waals surface area contributed by atoms with E-state index in [0.29, 0.717) is 17.7 Å². The number of phenols is 1. The molecule has 0 spiro atoms. The highest BCUT2D eigenvalue weighted by Crippen LogP contribution is 2.15. The van der Waals surface area contributed by atoms with Gasteiger partial charge in [0, 0.05) is 30.0 Å². The first-order valence-electron chi connectivity index (χ1n) is 8.52. The third kappa shape index (κ3) is 9.33. The van der Waals surface area contributed by atoms with Crippen LogP contribution in [-0.4, -0.2) is 53.9 Å². The number of halogens is 1. The van der Waals surface area contributed by atoms with Crippen LogP contribution in [0.1, 0.15) is 34.1 Å². The number of hydrogen-bond donors (Lipinski definition) is 2. The molecule has 0 aromatic heterocycles. The maximum Gasteiger partial charge on any atom is 0.167 e. The predicted octanol–water partition coefficient (Wildman–Crippen LogP) is 3.45. The zero-order valence-corrected chi connectivity index (χ0v) is 16.8. The second-order valence-corrected chi connectivity index (χ2v) is 6.34. The Morgan fingerprint density at radius 3 is 2.11 bits per heavy atom. The predicted molar refractivity (Wildman–Crippen MR) is 110 cm³/mol. The normalized spacial score (nSPS) is 11.0. The lowest BCUT2D eigenvalue weighted by molar-refractivity contribution is 0.0908. The van der Waals surface area contributed by atoms with Gasteiger partial charge < -0.3 is 15.1 Å². The van der Waals surface area contributed by atoms with Crippen molar-refractivity contribution in [3.63, 3.8) is 0 Å². The summed E-state index contributed by atoms with van der Waals surface area (Å²) in [6.45, 7) is 2.54. The van der Waals surface area contributed by atoms with Crippen LogP contribution in [0.5, 0.6) is 5.75 Å². The van der Waals surface area contributed by atoms with Gasteiger partial charge in [-0.05, 0) is 26.2 Å². The molecule has 1 unspecified atom stereocenters. The Kier molecular flexibility index (Phi) is 12.0. The molecule has 6 heteroatoms. The Bertz CT molecular complexity index is 704. The van der Waals surface area contributed by atoms with Crippen LogP contribution in [0, 0.1) is 5.92 Å². The van der Waals surface area contributed by atoms with Crippen LogP contribution in [-0.2, 0) is 0 Å². The molecule has 0 heterocycles. The average Bonchev–Trinajstić information content (AvgIpc) is 2.62. The van der Waals surface area contributed by atoms with Crippen LogP contribution in [0.25, 0.3) is 0 Å². The molecule has 0 bridgehead atoms. The summed E-state index contributed by atoms with van der Waals surface area (Å²) >= 11 is 0. The van der Waals surface area contributed by atoms with Crippen molar-refractivity contribution in [2.24, 2.45) is 5.92 Å². The Morgan fingerprint density at radius 1 is 1.00 bits per heavy atom. The summed E-state index contributed by atoms with van der Waals surface area (Å²) in [5.41, 5.74) is 1.24. The fourth-order valence-electron chi connectivity index (χ4n) is 2.44. The summed E-state index contributed by atoms with van der Waals surface area (Å²) in [6.07, 6.45) is 0.212. The van der Waals surface area contributed by atoms with Gasteiger partial charge in [-0.15, -0.1) is 12.4 Å². The zero-order valence-electron chi connectivity index (χ0n) is 16.0. The molecule has 0 saturated heterocycles. The Labute approximate surface area is 167 Å². The number of hydrogen-bond acceptors (Lipinski definition) is 5. The van der Waals surface area contributed by atoms with E-state index in [2.05, 4.69) is 0 Å². The first-order valence-corrected chi connectivity index (χ1v) is 8.52. The van der Waals surface area contributed by atoms with E-state index in [-0.39, 0.29) is 48.7 Å². The topological polar surface area (TPSA) is 77.8 Å². The summed E-state index contributed by atoms with van der Waals surface area (Å²) in [5.74, 6) is 0.146. The first-order chi connectivity index (χ1) is 12.3. The Balaban J connectivity index is 0.000000504. The van der Waals surface area contributed by atoms with Gasteiger partial charge in [-0.3, -0.25) is 9.59 Å². The van der Waals surface area contributed by atoms with Crippen LogP contribution in [0.2, 0.25) is 0 Å². The number of carbonyl (C=O) groups is 2. The summed E-state index contributed by atoms with van der Waals surface area (Å²) in [6, 6.07) is 15.5. The van der Waals surface area contributed by atoms with Gasteiger partial charge in [0.15, 0.2) is 11.6 Å². The van der Waals surface area contributed by atoms with Gasteiger partial charge in [-0.25, -0.2) is 0 Å². The molecule has 0 saturated carbocycles. The highest BCUT2D eigenvalue weighted by Gasteiger charge is 2.15. The molecule has 0 radical (unpaired) electrons. The largest absolute Gasteiger partial charge is 0.508 e. The number of benzene rings is 2. The van der Waals surface area contributed by atoms with Crippen LogP contribution >= 0.6 is 12.4 Å². The second kappa shape index (κ2) is 13.0. The van der Waals surface area contributed by atoms with Crippen molar-refractivity contribution in [3.05, 3.63) is 65.7 Å². The van der Waals surface area contributed by atoms with Crippen molar-refractivity contribution in [2.75, 3.05) is 27.2 Å². The minimum absolute atomic E-state index is 0. The van der Waals surface area contributed by atoms with Crippen molar-refractivity contribution < 1.29 is 19.8 Å². The number of nitrogens with zero attached hydrogens (tertiary/aromatic N) is 1. The van der Waals surface area contributed by atoms with Gasteiger partial charge in [0.05, 0.1) is 6.61 Å². The molecule has 2 N–H and O–H groups in total. The molecule has 0 aliphatic carbocycles. The van der Waals surface area contributed by atoms with E-state index < -0.39 is 0 Å². The Hall–Kier alpha value is -2.21. The summed E-state index contributed by atoms with van der Waals surface area (Å²) in [7, 11) is 3.87. The lowest BCUT2D eigenvalue weighted by atomic mass is 9.99. The summed E-state index contributed by atoms with van der Waals surface area (Å²) in [4.78, 5) is 25.0. The smallest absolute Gasteiger partial charge is 0.167 e. The molecule has 0 aliphatic heterocycles. The molecule has 5 nitrogen and oxygen atoms in total. The van der Waals surface area contributed by atoms with E-state index in [1.165, 1.54) is 6.07 Å². The number of phenolic OH excluding ortho intramolecular Hbond substituents is 1. The molecule has 2 rings (SSSR count). The van der Waals surface area contributed by atoms with E-state index in [9.17, 15) is 14.7 Å². The lowest BCUT2D eigenvalue weighted by Crippen LogP contribution is -2.25. The number of aromatic hydroxyl groups is 1. The van der Waals surface area contributed by atoms with Gasteiger partial charge in [0.2, 0.25) is 0 Å². The van der Waals surface area contributed by atoms with E-state index in [1.54, 1.807) is 30.3 Å². The quantitative estimate of drug-likeness (QED) is 0.704. The van der Waals surface area contributed by atoms with Crippen molar-refractivity contribution in [1.29, 1.82) is 0 Å². The van der Waals surface area contributed by atoms with E-state index >= 15 is 0 Å². The minimum Gasteiger partial charge on any atom is -0.508 e. The molecule has 148 valence electrons. The van der Waals surface area contributed by atoms with E-state index in [1.807, 2.05) is 44.1 Å². The molecule has 0 amide bonds. The van der Waals surface area contributed by atoms with Crippen LogP contribution in [0.15, 0.2) is 54.6 Å². The highest BCUT2D eigenvalue weighted by atomic mass is 35.5. The van der Waals surface area contributed by atoms with Crippen molar-refractivity contribution in [3.8, 4) is 5.75 Å². The third-order valence-electron chi connectivity index (χ3n) is 3.65. The van der Waals surface area contributed by atoms with Gasteiger partial charge in [-0.2, -0.15) is 0 Å². The SMILES string of the molecule is CC(CN(C)C)C(=O)c1cccc(O)c1.Cl.O=C(CCO)c1ccccc1. The second-order valence-electron chi connectivity index (χ2n) is 6.34. The van der Waals surface area contributed by atoms with Crippen molar-refractivity contribution in [1.82, 2.24) is 4.90 Å². The number of aliphatic hydroxyl groups excluding tert-OH is 1. The minimum atomic E-state index is -0.0757. The maximum absolute atomic E-state index is 11.9. The van der Waals surface area contributed by atoms with Crippen molar-refractivity contribution >= 4 is 24.0 Å². The van der Waals surface area contributed by atoms with Crippen LogP contribution < -0.4 is 0 Å². The molecule has 0 fully saturated rings. The highest BCUT2D eigenvalue weighted by molar-refractivity contribution is 5.98. The van der Waals surface area contributed by atoms with E-state index in [4.69, 9.17) is 5.11 Å². The number of ketones is 2. The van der Waals surface area contributed by atoms with Gasteiger partial charge in [0.25, 0.3) is 0 Å². The first kappa shape index (κ1) is 24.8. The fraction of sp³-hybridized carbons (Fsp3) is 0.333. The van der Waals surface area contributed by atoms with Gasteiger partial charge >= 0.3 is 0 Å². The number of aliphatic hydroxyl groups is 1. The molecular weight excluding hydrogens is 366 g/mol. The average molecular weight is 394 g/mol. The van der Waals surface area contributed by atoms with Crippen molar-refractivity contribution in [2.45, 2.75) is 13.3 Å². The standard InChI is InChI=1S/C12H17NO2.C9H10O2.ClH/c1-9(8-13(2)3)12(15)10-5-4-6-11(14)7-10;10-7-6-9(11)8-4-2-1-3-5-8;/h4-7,9,14H,8H2,1-3H3;1-5,10H,6-7H2;1H. The number of rotatable bonds is 7. The van der Waals surface area contributed by atoms with Crippen LogP contribution in [0.4, 0.5) is 0 Å². The third-order valence-corrected chi connectivity index (χ3v) is 3.65. The maximum atomic E-state index is 11.9. The monoisotopic (exact) mass is 393 g/mol. The fourth-order valence-corrected chi connectivity index (χ4v) is 2.44. The van der Waals surface area contributed by atoms with Crippen LogP contribution in [0.3, 0.4) is 0 Å². The number of Topliss-reactive ketones (excluding diaryl/α,β-unsaturated/α-hetero) is 2. The molecule has 1 atom stereocenters. The lowest BCUT2D eigenvalue weighted by Gasteiger charge is -2.15. The molecule has 27 heavy (non-hydrogen) atoms. The molecular formula is C21H28ClNO4. The van der Waals surface area contributed by atoms with Gasteiger partial charge in [-0.1, -0.05) is 49.4 Å². The zero-order chi connectivity index (χ0) is 19.5. The van der Waals surface area contributed by atoms with Gasteiger partial charge in [0.1, 0.15) is 5.75 Å². The number of carbonyl (C=O) groups excluding carboxylic acids is 2. The molecule has 2 aromatic rings. The Morgan fingerprint density at radius 2 is 1.59 bits per heavy atom. The van der Waals surface area contributed by atoms with E-state index in [0.717, 1.165) is 0 Å². The molecule has 0 aliphatic rings. The summed E-state index contributed by atoms with van der Waals surface area (Å²) in [5, 5.41) is 17.7.